The lowest BCUT2D eigenvalue weighted by Gasteiger charge is -2.08. The summed E-state index contributed by atoms with van der Waals surface area (Å²) in [6.45, 7) is 1.02. The number of sulfonamides is 1. The van der Waals surface area contributed by atoms with Gasteiger partial charge in [-0.25, -0.2) is 13.1 Å². The van der Waals surface area contributed by atoms with Crippen molar-refractivity contribution in [3.05, 3.63) is 24.3 Å². The van der Waals surface area contributed by atoms with E-state index in [1.807, 2.05) is 0 Å². The normalized spacial score (nSPS) is 15.4. The molecule has 0 aromatic heterocycles. The molecule has 0 radical (unpaired) electrons. The van der Waals surface area contributed by atoms with E-state index in [9.17, 15) is 8.42 Å². The molecule has 0 amide bonds. The maximum Gasteiger partial charge on any atom is 0.240 e. The molecule has 19 heavy (non-hydrogen) atoms. The van der Waals surface area contributed by atoms with E-state index in [0.717, 1.165) is 12.8 Å². The second-order valence-corrected chi connectivity index (χ2v) is 6.46. The molecule has 106 valence electrons. The van der Waals surface area contributed by atoms with Crippen LogP contribution in [0.2, 0.25) is 0 Å². The van der Waals surface area contributed by atoms with E-state index in [1.54, 1.807) is 12.1 Å². The van der Waals surface area contributed by atoms with Gasteiger partial charge in [0.15, 0.2) is 0 Å². The van der Waals surface area contributed by atoms with E-state index in [2.05, 4.69) is 4.72 Å². The highest BCUT2D eigenvalue weighted by Crippen LogP contribution is 2.28. The molecule has 2 rings (SSSR count). The summed E-state index contributed by atoms with van der Waals surface area (Å²) in [6.07, 6.45) is 2.78. The van der Waals surface area contributed by atoms with Crippen molar-refractivity contribution in [2.24, 2.45) is 5.92 Å². The van der Waals surface area contributed by atoms with E-state index >= 15 is 0 Å². The van der Waals surface area contributed by atoms with Gasteiger partial charge in [-0.2, -0.15) is 0 Å². The number of aliphatic hydroxyl groups is 1. The first-order valence-electron chi connectivity index (χ1n) is 6.45. The van der Waals surface area contributed by atoms with Crippen molar-refractivity contribution >= 4 is 10.0 Å². The number of benzene rings is 1. The van der Waals surface area contributed by atoms with Crippen LogP contribution in [0.1, 0.15) is 19.3 Å². The van der Waals surface area contributed by atoms with Gasteiger partial charge in [-0.3, -0.25) is 0 Å². The number of rotatable bonds is 8. The summed E-state index contributed by atoms with van der Waals surface area (Å²) in [5.74, 6) is 1.12. The van der Waals surface area contributed by atoms with E-state index in [4.69, 9.17) is 9.84 Å². The van der Waals surface area contributed by atoms with Crippen molar-refractivity contribution in [2.45, 2.75) is 24.2 Å². The van der Waals surface area contributed by atoms with E-state index in [0.29, 0.717) is 31.2 Å². The molecule has 0 unspecified atom stereocenters. The van der Waals surface area contributed by atoms with Gasteiger partial charge in [0.1, 0.15) is 5.75 Å². The lowest BCUT2D eigenvalue weighted by molar-refractivity contribution is 0.233. The lowest BCUT2D eigenvalue weighted by atomic mass is 10.3. The zero-order valence-corrected chi connectivity index (χ0v) is 11.5. The van der Waals surface area contributed by atoms with Crippen LogP contribution in [0.4, 0.5) is 0 Å². The standard InChI is InChI=1S/C13H19NO4S/c15-8-1-9-18-12-4-6-13(7-5-12)19(16,17)14-10-11-2-3-11/h4-7,11,14-15H,1-3,8-10H2. The van der Waals surface area contributed by atoms with Gasteiger partial charge in [0.2, 0.25) is 10.0 Å². The van der Waals surface area contributed by atoms with Crippen LogP contribution < -0.4 is 9.46 Å². The quantitative estimate of drug-likeness (QED) is 0.702. The number of hydrogen-bond acceptors (Lipinski definition) is 4. The third-order valence-electron chi connectivity index (χ3n) is 2.96. The number of ether oxygens (including phenoxy) is 1. The Morgan fingerprint density at radius 2 is 1.95 bits per heavy atom. The van der Waals surface area contributed by atoms with Gasteiger partial charge in [-0.05, 0) is 43.0 Å². The largest absolute Gasteiger partial charge is 0.494 e. The minimum Gasteiger partial charge on any atom is -0.494 e. The SMILES string of the molecule is O=S(=O)(NCC1CC1)c1ccc(OCCCO)cc1. The Labute approximate surface area is 113 Å². The van der Waals surface area contributed by atoms with Gasteiger partial charge in [0, 0.05) is 19.6 Å². The average molecular weight is 285 g/mol. The monoisotopic (exact) mass is 285 g/mol. The summed E-state index contributed by atoms with van der Waals surface area (Å²) in [6, 6.07) is 6.32. The molecular weight excluding hydrogens is 266 g/mol. The fraction of sp³-hybridized carbons (Fsp3) is 0.538. The van der Waals surface area contributed by atoms with Gasteiger partial charge in [-0.1, -0.05) is 0 Å². The Kier molecular flexibility index (Phi) is 4.79. The maximum atomic E-state index is 12.0. The lowest BCUT2D eigenvalue weighted by Crippen LogP contribution is -2.25. The maximum absolute atomic E-state index is 12.0. The third-order valence-corrected chi connectivity index (χ3v) is 4.40. The molecule has 2 N–H and O–H groups in total. The summed E-state index contributed by atoms with van der Waals surface area (Å²) in [4.78, 5) is 0.252. The van der Waals surface area contributed by atoms with Gasteiger partial charge in [-0.15, -0.1) is 0 Å². The number of aliphatic hydroxyl groups excluding tert-OH is 1. The molecule has 1 saturated carbocycles. The molecule has 1 aliphatic rings. The average Bonchev–Trinajstić information content (AvgIpc) is 3.22. The molecule has 1 aromatic carbocycles. The van der Waals surface area contributed by atoms with Gasteiger partial charge >= 0.3 is 0 Å². The third kappa shape index (κ3) is 4.49. The highest BCUT2D eigenvalue weighted by molar-refractivity contribution is 7.89. The van der Waals surface area contributed by atoms with Crippen molar-refractivity contribution in [1.29, 1.82) is 0 Å². The predicted molar refractivity (Wildman–Crippen MR) is 71.6 cm³/mol. The Bertz CT molecular complexity index is 494. The summed E-state index contributed by atoms with van der Waals surface area (Å²) >= 11 is 0. The van der Waals surface area contributed by atoms with Crippen molar-refractivity contribution in [2.75, 3.05) is 19.8 Å². The molecule has 0 bridgehead atoms. The molecule has 5 nitrogen and oxygen atoms in total. The molecule has 0 atom stereocenters. The Morgan fingerprint density at radius 3 is 2.53 bits per heavy atom. The molecule has 0 spiro atoms. The van der Waals surface area contributed by atoms with Crippen LogP contribution in [0, 0.1) is 5.92 Å². The van der Waals surface area contributed by atoms with Crippen molar-refractivity contribution in [3.8, 4) is 5.75 Å². The van der Waals surface area contributed by atoms with Gasteiger partial charge in [0.25, 0.3) is 0 Å². The fourth-order valence-corrected chi connectivity index (χ4v) is 2.72. The molecule has 0 saturated heterocycles. The highest BCUT2D eigenvalue weighted by Gasteiger charge is 2.24. The first kappa shape index (κ1) is 14.3. The predicted octanol–water partition coefficient (Wildman–Crippen LogP) is 1.14. The van der Waals surface area contributed by atoms with Crippen LogP contribution in [0.25, 0.3) is 0 Å². The zero-order chi connectivity index (χ0) is 13.7. The molecule has 1 aromatic rings. The molecule has 1 aliphatic carbocycles. The number of hydrogen-bond donors (Lipinski definition) is 2. The van der Waals surface area contributed by atoms with Crippen LogP contribution in [0.15, 0.2) is 29.2 Å². The van der Waals surface area contributed by atoms with Crippen LogP contribution in [0.3, 0.4) is 0 Å². The Balaban J connectivity index is 1.92. The van der Waals surface area contributed by atoms with Crippen molar-refractivity contribution in [1.82, 2.24) is 4.72 Å². The summed E-state index contributed by atoms with van der Waals surface area (Å²) in [7, 11) is -3.40. The first-order valence-corrected chi connectivity index (χ1v) is 7.93. The molecule has 1 fully saturated rings. The summed E-state index contributed by atoms with van der Waals surface area (Å²) in [5, 5.41) is 8.64. The van der Waals surface area contributed by atoms with Crippen LogP contribution in [-0.2, 0) is 10.0 Å². The molecular formula is C13H19NO4S. The van der Waals surface area contributed by atoms with Crippen LogP contribution in [-0.4, -0.2) is 33.3 Å². The fourth-order valence-electron chi connectivity index (χ4n) is 1.60. The Morgan fingerprint density at radius 1 is 1.26 bits per heavy atom. The minimum atomic E-state index is -3.40. The van der Waals surface area contributed by atoms with Crippen LogP contribution in [0.5, 0.6) is 5.75 Å². The van der Waals surface area contributed by atoms with E-state index in [1.165, 1.54) is 12.1 Å². The van der Waals surface area contributed by atoms with Crippen LogP contribution >= 0.6 is 0 Å². The topological polar surface area (TPSA) is 75.6 Å². The highest BCUT2D eigenvalue weighted by atomic mass is 32.2. The minimum absolute atomic E-state index is 0.0809. The second kappa shape index (κ2) is 6.36. The van der Waals surface area contributed by atoms with E-state index < -0.39 is 10.0 Å². The smallest absolute Gasteiger partial charge is 0.240 e. The van der Waals surface area contributed by atoms with Crippen molar-refractivity contribution in [3.63, 3.8) is 0 Å². The van der Waals surface area contributed by atoms with E-state index in [-0.39, 0.29) is 11.5 Å². The Hall–Kier alpha value is -1.11. The molecule has 0 aliphatic heterocycles. The zero-order valence-electron chi connectivity index (χ0n) is 10.7. The number of nitrogens with one attached hydrogen (secondary N) is 1. The second-order valence-electron chi connectivity index (χ2n) is 4.69. The van der Waals surface area contributed by atoms with Gasteiger partial charge < -0.3 is 9.84 Å². The molecule has 0 heterocycles. The summed E-state index contributed by atoms with van der Waals surface area (Å²) < 4.78 is 31.9. The van der Waals surface area contributed by atoms with Gasteiger partial charge in [0.05, 0.1) is 11.5 Å². The first-order chi connectivity index (χ1) is 9.12. The van der Waals surface area contributed by atoms with Crippen molar-refractivity contribution < 1.29 is 18.3 Å². The summed E-state index contributed by atoms with van der Waals surface area (Å²) in [5.41, 5.74) is 0. The molecule has 6 heteroatoms.